The van der Waals surface area contributed by atoms with Crippen molar-refractivity contribution in [3.63, 3.8) is 0 Å². The molecule has 1 aromatic heterocycles. The fourth-order valence-electron chi connectivity index (χ4n) is 3.69. The Morgan fingerprint density at radius 3 is 2.85 bits per heavy atom. The summed E-state index contributed by atoms with van der Waals surface area (Å²) in [4.78, 5) is 4.05. The van der Waals surface area contributed by atoms with E-state index in [2.05, 4.69) is 9.71 Å². The maximum atomic E-state index is 13.7. The monoisotopic (exact) mass is 377 g/mol. The summed E-state index contributed by atoms with van der Waals surface area (Å²) in [5, 5.41) is 0. The number of piperidine rings is 1. The molecule has 1 saturated carbocycles. The summed E-state index contributed by atoms with van der Waals surface area (Å²) in [5.74, 6) is 0.306. The summed E-state index contributed by atoms with van der Waals surface area (Å²) >= 11 is 0. The molecule has 8 heteroatoms. The second kappa shape index (κ2) is 6.94. The number of aromatic nitrogens is 1. The number of para-hydroxylation sites is 1. The van der Waals surface area contributed by atoms with E-state index in [4.69, 9.17) is 4.74 Å². The van der Waals surface area contributed by atoms with Crippen molar-refractivity contribution in [2.75, 3.05) is 6.54 Å². The smallest absolute Gasteiger partial charge is 0.280 e. The highest BCUT2D eigenvalue weighted by molar-refractivity contribution is 7.87. The van der Waals surface area contributed by atoms with Gasteiger partial charge < -0.3 is 4.74 Å². The molecular formula is C18H20FN3O3S. The van der Waals surface area contributed by atoms with Gasteiger partial charge in [-0.2, -0.15) is 17.4 Å². The van der Waals surface area contributed by atoms with E-state index in [0.717, 1.165) is 19.3 Å². The first-order valence-corrected chi connectivity index (χ1v) is 10.1. The van der Waals surface area contributed by atoms with Gasteiger partial charge in [-0.1, -0.05) is 12.1 Å². The van der Waals surface area contributed by atoms with Crippen LogP contribution in [0.25, 0.3) is 0 Å². The van der Waals surface area contributed by atoms with Gasteiger partial charge in [0.15, 0.2) is 11.6 Å². The second-order valence-electron chi connectivity index (χ2n) is 6.76. The number of rotatable bonds is 6. The van der Waals surface area contributed by atoms with Crippen LogP contribution in [0.2, 0.25) is 0 Å². The summed E-state index contributed by atoms with van der Waals surface area (Å²) in [5.41, 5.74) is 0.694. The lowest BCUT2D eigenvalue weighted by Crippen LogP contribution is -2.44. The highest BCUT2D eigenvalue weighted by Crippen LogP contribution is 2.38. The largest absolute Gasteiger partial charge is 0.436 e. The molecule has 1 N–H and O–H groups in total. The van der Waals surface area contributed by atoms with Crippen LogP contribution in [0.1, 0.15) is 24.8 Å². The highest BCUT2D eigenvalue weighted by atomic mass is 32.2. The van der Waals surface area contributed by atoms with E-state index in [9.17, 15) is 12.8 Å². The molecule has 2 bridgehead atoms. The number of fused-ring (bicyclic) bond motifs is 2. The summed E-state index contributed by atoms with van der Waals surface area (Å²) in [6.07, 6.45) is 4.55. The third-order valence-corrected chi connectivity index (χ3v) is 6.55. The molecule has 2 heterocycles. The molecule has 0 radical (unpaired) electrons. The Hall–Kier alpha value is -2.03. The van der Waals surface area contributed by atoms with E-state index in [1.165, 1.54) is 18.3 Å². The zero-order valence-electron chi connectivity index (χ0n) is 14.1. The standard InChI is InChI=1S/C18H20FN3O3S/c19-16-3-1-2-4-17(16)25-18-10-13(7-8-20-18)11-21-26(23,24)22-12-14-5-6-15(22)9-14/h1-4,7-8,10,14-15,21H,5-6,9,11-12H2. The number of hydrogen-bond acceptors (Lipinski definition) is 4. The minimum atomic E-state index is -3.51. The molecule has 2 aliphatic rings. The van der Waals surface area contributed by atoms with Crippen LogP contribution in [0, 0.1) is 11.7 Å². The molecule has 1 saturated heterocycles. The number of ether oxygens (including phenoxy) is 1. The molecule has 1 aliphatic carbocycles. The summed E-state index contributed by atoms with van der Waals surface area (Å²) in [6, 6.07) is 9.49. The number of nitrogens with zero attached hydrogens (tertiary/aromatic N) is 2. The van der Waals surface area contributed by atoms with Gasteiger partial charge in [0.25, 0.3) is 10.2 Å². The van der Waals surface area contributed by atoms with Crippen LogP contribution in [0.15, 0.2) is 42.6 Å². The van der Waals surface area contributed by atoms with Gasteiger partial charge in [-0.05, 0) is 48.9 Å². The molecule has 2 aromatic rings. The van der Waals surface area contributed by atoms with Crippen LogP contribution in [-0.4, -0.2) is 30.3 Å². The van der Waals surface area contributed by atoms with Gasteiger partial charge in [0.1, 0.15) is 0 Å². The Labute approximate surface area is 152 Å². The molecule has 6 nitrogen and oxygen atoms in total. The van der Waals surface area contributed by atoms with Gasteiger partial charge in [0.2, 0.25) is 5.88 Å². The van der Waals surface area contributed by atoms with Crippen molar-refractivity contribution in [1.82, 2.24) is 14.0 Å². The number of nitrogens with one attached hydrogen (secondary N) is 1. The maximum absolute atomic E-state index is 13.7. The average Bonchev–Trinajstić information content (AvgIpc) is 3.26. The van der Waals surface area contributed by atoms with Gasteiger partial charge in [-0.3, -0.25) is 0 Å². The Bertz CT molecular complexity index is 906. The number of benzene rings is 1. The van der Waals surface area contributed by atoms with Crippen LogP contribution < -0.4 is 9.46 Å². The average molecular weight is 377 g/mol. The normalized spacial score (nSPS) is 22.7. The Kier molecular flexibility index (Phi) is 4.64. The lowest BCUT2D eigenvalue weighted by atomic mass is 10.1. The van der Waals surface area contributed by atoms with E-state index in [0.29, 0.717) is 18.0 Å². The van der Waals surface area contributed by atoms with Crippen LogP contribution in [0.5, 0.6) is 11.6 Å². The lowest BCUT2D eigenvalue weighted by Gasteiger charge is -2.26. The molecule has 2 unspecified atom stereocenters. The van der Waals surface area contributed by atoms with E-state index in [-0.39, 0.29) is 24.2 Å². The molecule has 2 atom stereocenters. The molecule has 1 aliphatic heterocycles. The first-order chi connectivity index (χ1) is 12.5. The topological polar surface area (TPSA) is 71.5 Å². The minimum absolute atomic E-state index is 0.0748. The SMILES string of the molecule is O=S(=O)(NCc1ccnc(Oc2ccccc2F)c1)N1CC2CCC1C2. The van der Waals surface area contributed by atoms with Crippen molar-refractivity contribution in [3.8, 4) is 11.6 Å². The fraction of sp³-hybridized carbons (Fsp3) is 0.389. The zero-order chi connectivity index (χ0) is 18.1. The first-order valence-electron chi connectivity index (χ1n) is 8.65. The molecule has 0 spiro atoms. The Balaban J connectivity index is 1.42. The van der Waals surface area contributed by atoms with E-state index < -0.39 is 16.0 Å². The molecule has 26 heavy (non-hydrogen) atoms. The maximum Gasteiger partial charge on any atom is 0.280 e. The van der Waals surface area contributed by atoms with Crippen molar-refractivity contribution in [1.29, 1.82) is 0 Å². The van der Waals surface area contributed by atoms with Crippen LogP contribution in [-0.2, 0) is 16.8 Å². The van der Waals surface area contributed by atoms with Crippen LogP contribution in [0.3, 0.4) is 0 Å². The molecule has 0 amide bonds. The third-order valence-electron chi connectivity index (χ3n) is 4.98. The zero-order valence-corrected chi connectivity index (χ0v) is 15.0. The van der Waals surface area contributed by atoms with Crippen molar-refractivity contribution < 1.29 is 17.5 Å². The molecule has 1 aromatic carbocycles. The summed E-state index contributed by atoms with van der Waals surface area (Å²) < 4.78 is 48.4. The van der Waals surface area contributed by atoms with Gasteiger partial charge in [0, 0.05) is 31.4 Å². The van der Waals surface area contributed by atoms with Gasteiger partial charge in [-0.15, -0.1) is 0 Å². The van der Waals surface area contributed by atoms with E-state index in [1.54, 1.807) is 28.6 Å². The van der Waals surface area contributed by atoms with Crippen LogP contribution in [0.4, 0.5) is 4.39 Å². The highest BCUT2D eigenvalue weighted by Gasteiger charge is 2.43. The van der Waals surface area contributed by atoms with Gasteiger partial charge in [0.05, 0.1) is 0 Å². The number of pyridine rings is 1. The molecule has 138 valence electrons. The first kappa shape index (κ1) is 17.4. The summed E-state index contributed by atoms with van der Waals surface area (Å²) in [7, 11) is -3.51. The third kappa shape index (κ3) is 3.58. The second-order valence-corrected chi connectivity index (χ2v) is 8.47. The number of hydrogen-bond donors (Lipinski definition) is 1. The molecule has 2 fully saturated rings. The van der Waals surface area contributed by atoms with Crippen molar-refractivity contribution >= 4 is 10.2 Å². The Morgan fingerprint density at radius 2 is 2.12 bits per heavy atom. The fourth-order valence-corrected chi connectivity index (χ4v) is 5.19. The minimum Gasteiger partial charge on any atom is -0.436 e. The molecular weight excluding hydrogens is 357 g/mol. The van der Waals surface area contributed by atoms with E-state index >= 15 is 0 Å². The van der Waals surface area contributed by atoms with Crippen molar-refractivity contribution in [2.45, 2.75) is 31.8 Å². The Morgan fingerprint density at radius 1 is 1.27 bits per heavy atom. The predicted molar refractivity (Wildman–Crippen MR) is 94.3 cm³/mol. The van der Waals surface area contributed by atoms with Gasteiger partial charge in [-0.25, -0.2) is 9.37 Å². The predicted octanol–water partition coefficient (Wildman–Crippen LogP) is 2.83. The van der Waals surface area contributed by atoms with E-state index in [1.807, 2.05) is 0 Å². The number of halogens is 1. The van der Waals surface area contributed by atoms with Crippen molar-refractivity contribution in [3.05, 3.63) is 54.0 Å². The summed E-state index contributed by atoms with van der Waals surface area (Å²) in [6.45, 7) is 0.740. The van der Waals surface area contributed by atoms with Crippen molar-refractivity contribution in [2.24, 2.45) is 5.92 Å². The van der Waals surface area contributed by atoms with Crippen LogP contribution >= 0.6 is 0 Å². The molecule has 4 rings (SSSR count). The van der Waals surface area contributed by atoms with Gasteiger partial charge >= 0.3 is 0 Å². The quantitative estimate of drug-likeness (QED) is 0.840. The lowest BCUT2D eigenvalue weighted by molar-refractivity contribution is 0.328.